The predicted molar refractivity (Wildman–Crippen MR) is 64.0 cm³/mol. The molecule has 0 fully saturated rings. The third-order valence-corrected chi connectivity index (χ3v) is 3.41. The van der Waals surface area contributed by atoms with Crippen LogP contribution >= 0.6 is 0 Å². The molecule has 2 heteroatoms. The van der Waals surface area contributed by atoms with Crippen LogP contribution in [-0.4, -0.2) is 5.54 Å². The monoisotopic (exact) mass is 209 g/mol. The highest BCUT2D eigenvalue weighted by molar-refractivity contribution is 5.20. The van der Waals surface area contributed by atoms with Crippen LogP contribution in [0.15, 0.2) is 10.5 Å². The maximum absolute atomic E-state index is 5.51. The van der Waals surface area contributed by atoms with Gasteiger partial charge in [-0.2, -0.15) is 0 Å². The van der Waals surface area contributed by atoms with Gasteiger partial charge in [-0.15, -0.1) is 0 Å². The number of hydrogen-bond acceptors (Lipinski definition) is 2. The second-order valence-corrected chi connectivity index (χ2v) is 4.56. The Morgan fingerprint density at radius 1 is 1.27 bits per heavy atom. The van der Waals surface area contributed by atoms with E-state index in [-0.39, 0.29) is 5.54 Å². The van der Waals surface area contributed by atoms with Gasteiger partial charge in [0.1, 0.15) is 11.5 Å². The summed E-state index contributed by atoms with van der Waals surface area (Å²) in [5.74, 6) is 2.04. The molecule has 1 aromatic rings. The second-order valence-electron chi connectivity index (χ2n) is 4.56. The fourth-order valence-corrected chi connectivity index (χ4v) is 1.67. The van der Waals surface area contributed by atoms with Crippen LogP contribution in [0.3, 0.4) is 0 Å². The van der Waals surface area contributed by atoms with E-state index in [4.69, 9.17) is 4.42 Å². The van der Waals surface area contributed by atoms with E-state index in [0.29, 0.717) is 0 Å². The van der Waals surface area contributed by atoms with Crippen molar-refractivity contribution in [2.24, 2.45) is 0 Å². The first kappa shape index (κ1) is 12.3. The molecule has 0 saturated heterocycles. The molecule has 0 aromatic carbocycles. The predicted octanol–water partition coefficient (Wildman–Crippen LogP) is 3.56. The van der Waals surface area contributed by atoms with Crippen LogP contribution in [0.25, 0.3) is 0 Å². The number of rotatable bonds is 5. The van der Waals surface area contributed by atoms with Crippen molar-refractivity contribution in [1.82, 2.24) is 5.32 Å². The summed E-state index contributed by atoms with van der Waals surface area (Å²) in [5.41, 5.74) is 1.53. The smallest absolute Gasteiger partial charge is 0.105 e. The van der Waals surface area contributed by atoms with Crippen molar-refractivity contribution in [3.8, 4) is 0 Å². The summed E-state index contributed by atoms with van der Waals surface area (Å²) in [6.07, 6.45) is 2.30. The van der Waals surface area contributed by atoms with Crippen LogP contribution < -0.4 is 5.32 Å². The molecule has 2 nitrogen and oxygen atoms in total. The van der Waals surface area contributed by atoms with E-state index in [1.54, 1.807) is 0 Å². The Bertz CT molecular complexity index is 310. The van der Waals surface area contributed by atoms with Gasteiger partial charge in [-0.25, -0.2) is 0 Å². The number of aryl methyl sites for hydroxylation is 2. The highest BCUT2D eigenvalue weighted by Crippen LogP contribution is 2.18. The summed E-state index contributed by atoms with van der Waals surface area (Å²) in [6.45, 7) is 11.7. The van der Waals surface area contributed by atoms with Gasteiger partial charge in [-0.1, -0.05) is 13.8 Å². The normalized spacial score (nSPS) is 12.1. The molecule has 15 heavy (non-hydrogen) atoms. The van der Waals surface area contributed by atoms with E-state index in [1.165, 1.54) is 5.56 Å². The first-order valence-electron chi connectivity index (χ1n) is 5.81. The van der Waals surface area contributed by atoms with Crippen LogP contribution in [0.2, 0.25) is 0 Å². The van der Waals surface area contributed by atoms with Gasteiger partial charge in [0.05, 0.1) is 0 Å². The highest BCUT2D eigenvalue weighted by atomic mass is 16.3. The molecule has 0 spiro atoms. The molecule has 0 saturated carbocycles. The zero-order chi connectivity index (χ0) is 11.5. The van der Waals surface area contributed by atoms with E-state index in [1.807, 2.05) is 13.8 Å². The van der Waals surface area contributed by atoms with Crippen LogP contribution in [0.4, 0.5) is 0 Å². The zero-order valence-electron chi connectivity index (χ0n) is 10.6. The van der Waals surface area contributed by atoms with Crippen molar-refractivity contribution >= 4 is 0 Å². The van der Waals surface area contributed by atoms with Gasteiger partial charge in [-0.05, 0) is 39.7 Å². The van der Waals surface area contributed by atoms with Crippen molar-refractivity contribution < 1.29 is 4.42 Å². The molecule has 1 aromatic heterocycles. The maximum Gasteiger partial charge on any atom is 0.105 e. The second kappa shape index (κ2) is 4.84. The van der Waals surface area contributed by atoms with Gasteiger partial charge in [-0.3, -0.25) is 0 Å². The molecule has 0 aliphatic heterocycles. The molecule has 1 heterocycles. The fourth-order valence-electron chi connectivity index (χ4n) is 1.67. The molecule has 0 amide bonds. The van der Waals surface area contributed by atoms with Crippen molar-refractivity contribution in [1.29, 1.82) is 0 Å². The standard InChI is InChI=1S/C13H23NO/c1-6-13(5,7-2)14-9-12-8-10(3)15-11(12)4/h8,14H,6-7,9H2,1-5H3. The molecular weight excluding hydrogens is 186 g/mol. The average molecular weight is 209 g/mol. The summed E-state index contributed by atoms with van der Waals surface area (Å²) in [4.78, 5) is 0. The van der Waals surface area contributed by atoms with Crippen LogP contribution in [0.5, 0.6) is 0 Å². The zero-order valence-corrected chi connectivity index (χ0v) is 10.6. The summed E-state index contributed by atoms with van der Waals surface area (Å²) in [5, 5.41) is 3.61. The molecule has 0 aliphatic rings. The minimum atomic E-state index is 0.248. The molecule has 0 bridgehead atoms. The third-order valence-electron chi connectivity index (χ3n) is 3.41. The van der Waals surface area contributed by atoms with Gasteiger partial charge in [0.25, 0.3) is 0 Å². The summed E-state index contributed by atoms with van der Waals surface area (Å²) in [7, 11) is 0. The topological polar surface area (TPSA) is 25.2 Å². The van der Waals surface area contributed by atoms with E-state index in [0.717, 1.165) is 30.9 Å². The number of furan rings is 1. The average Bonchev–Trinajstić information content (AvgIpc) is 2.54. The van der Waals surface area contributed by atoms with Gasteiger partial charge in [0.15, 0.2) is 0 Å². The first-order valence-corrected chi connectivity index (χ1v) is 5.81. The van der Waals surface area contributed by atoms with E-state index >= 15 is 0 Å². The van der Waals surface area contributed by atoms with E-state index < -0.39 is 0 Å². The third kappa shape index (κ3) is 3.10. The molecule has 1 N–H and O–H groups in total. The lowest BCUT2D eigenvalue weighted by molar-refractivity contribution is 0.328. The van der Waals surface area contributed by atoms with E-state index in [9.17, 15) is 0 Å². The SMILES string of the molecule is CCC(C)(CC)NCc1cc(C)oc1C. The van der Waals surface area contributed by atoms with Gasteiger partial charge < -0.3 is 9.73 Å². The Hall–Kier alpha value is -0.760. The van der Waals surface area contributed by atoms with Gasteiger partial charge in [0, 0.05) is 17.6 Å². The van der Waals surface area contributed by atoms with E-state index in [2.05, 4.69) is 32.2 Å². The molecular formula is C13H23NO. The Balaban J connectivity index is 2.60. The lowest BCUT2D eigenvalue weighted by Gasteiger charge is -2.28. The number of hydrogen-bond donors (Lipinski definition) is 1. The number of nitrogens with one attached hydrogen (secondary N) is 1. The molecule has 0 atom stereocenters. The Morgan fingerprint density at radius 3 is 2.27 bits per heavy atom. The fraction of sp³-hybridized carbons (Fsp3) is 0.692. The summed E-state index contributed by atoms with van der Waals surface area (Å²) in [6, 6.07) is 2.12. The Kier molecular flexibility index (Phi) is 3.97. The molecule has 86 valence electrons. The minimum absolute atomic E-state index is 0.248. The maximum atomic E-state index is 5.51. The first-order chi connectivity index (χ1) is 7.00. The quantitative estimate of drug-likeness (QED) is 0.802. The molecule has 1 rings (SSSR count). The Labute approximate surface area is 93.1 Å². The highest BCUT2D eigenvalue weighted by Gasteiger charge is 2.19. The van der Waals surface area contributed by atoms with Crippen molar-refractivity contribution in [2.45, 2.75) is 59.5 Å². The summed E-state index contributed by atoms with van der Waals surface area (Å²) < 4.78 is 5.51. The van der Waals surface area contributed by atoms with Gasteiger partial charge in [0.2, 0.25) is 0 Å². The molecule has 0 radical (unpaired) electrons. The van der Waals surface area contributed by atoms with Crippen molar-refractivity contribution in [2.75, 3.05) is 0 Å². The van der Waals surface area contributed by atoms with Crippen LogP contribution in [0.1, 0.15) is 50.7 Å². The van der Waals surface area contributed by atoms with Gasteiger partial charge >= 0.3 is 0 Å². The minimum Gasteiger partial charge on any atom is -0.466 e. The lowest BCUT2D eigenvalue weighted by atomic mass is 9.95. The van der Waals surface area contributed by atoms with Crippen molar-refractivity contribution in [3.63, 3.8) is 0 Å². The van der Waals surface area contributed by atoms with Crippen LogP contribution in [-0.2, 0) is 6.54 Å². The van der Waals surface area contributed by atoms with Crippen LogP contribution in [0, 0.1) is 13.8 Å². The molecule has 0 aliphatic carbocycles. The lowest BCUT2D eigenvalue weighted by Crippen LogP contribution is -2.40. The Morgan fingerprint density at radius 2 is 1.87 bits per heavy atom. The summed E-state index contributed by atoms with van der Waals surface area (Å²) >= 11 is 0. The largest absolute Gasteiger partial charge is 0.466 e. The molecule has 0 unspecified atom stereocenters. The van der Waals surface area contributed by atoms with Crippen molar-refractivity contribution in [3.05, 3.63) is 23.2 Å².